The largest absolute Gasteiger partial charge is 0.497 e. The minimum absolute atomic E-state index is 0.346. The zero-order valence-electron chi connectivity index (χ0n) is 10.8. The highest BCUT2D eigenvalue weighted by atomic mass is 35.5. The summed E-state index contributed by atoms with van der Waals surface area (Å²) < 4.78 is 18.5. The first-order valence-corrected chi connectivity index (χ1v) is 6.22. The van der Waals surface area contributed by atoms with Crippen LogP contribution in [0.4, 0.5) is 4.39 Å². The second-order valence-corrected chi connectivity index (χ2v) is 4.36. The second kappa shape index (κ2) is 6.82. The van der Waals surface area contributed by atoms with Gasteiger partial charge in [-0.25, -0.2) is 4.39 Å². The third-order valence-corrected chi connectivity index (χ3v) is 2.80. The molecule has 0 amide bonds. The van der Waals surface area contributed by atoms with E-state index in [1.807, 2.05) is 12.1 Å². The van der Waals surface area contributed by atoms with Crippen molar-refractivity contribution in [2.24, 2.45) is 10.2 Å². The molecule has 0 spiro atoms. The number of benzene rings is 2. The van der Waals surface area contributed by atoms with E-state index in [1.165, 1.54) is 19.4 Å². The monoisotopic (exact) mass is 290 g/mol. The van der Waals surface area contributed by atoms with Gasteiger partial charge in [0.05, 0.1) is 19.5 Å². The van der Waals surface area contributed by atoms with Crippen molar-refractivity contribution in [3.8, 4) is 5.75 Å². The van der Waals surface area contributed by atoms with Gasteiger partial charge in [0, 0.05) is 16.7 Å². The Bertz CT molecular complexity index is 639. The molecule has 0 aliphatic carbocycles. The van der Waals surface area contributed by atoms with Crippen LogP contribution in [-0.4, -0.2) is 19.5 Å². The van der Waals surface area contributed by atoms with Gasteiger partial charge in [0.2, 0.25) is 0 Å². The van der Waals surface area contributed by atoms with Gasteiger partial charge in [-0.15, -0.1) is 0 Å². The molecule has 2 aromatic rings. The maximum atomic E-state index is 13.6. The number of hydrogen-bond donors (Lipinski definition) is 0. The van der Waals surface area contributed by atoms with Crippen LogP contribution >= 0.6 is 11.6 Å². The van der Waals surface area contributed by atoms with Gasteiger partial charge in [-0.2, -0.15) is 10.2 Å². The lowest BCUT2D eigenvalue weighted by Gasteiger charge is -2.00. The number of rotatable bonds is 4. The van der Waals surface area contributed by atoms with Crippen molar-refractivity contribution in [3.63, 3.8) is 0 Å². The molecule has 0 radical (unpaired) electrons. The summed E-state index contributed by atoms with van der Waals surface area (Å²) in [4.78, 5) is 0. The van der Waals surface area contributed by atoms with E-state index in [9.17, 15) is 4.39 Å². The van der Waals surface area contributed by atoms with E-state index in [2.05, 4.69) is 10.2 Å². The molecule has 0 fully saturated rings. The van der Waals surface area contributed by atoms with Gasteiger partial charge in [-0.1, -0.05) is 23.7 Å². The van der Waals surface area contributed by atoms with Crippen LogP contribution in [0.5, 0.6) is 5.75 Å². The third-order valence-electron chi connectivity index (χ3n) is 2.55. The standard InChI is InChI=1S/C15H12ClFN2O/c1-20-14-7-4-12(15(17)8-14)10-19-18-9-11-2-5-13(16)6-3-11/h2-10H,1H3. The van der Waals surface area contributed by atoms with Gasteiger partial charge < -0.3 is 4.74 Å². The van der Waals surface area contributed by atoms with E-state index in [1.54, 1.807) is 30.5 Å². The van der Waals surface area contributed by atoms with E-state index in [4.69, 9.17) is 16.3 Å². The fourth-order valence-corrected chi connectivity index (χ4v) is 1.61. The van der Waals surface area contributed by atoms with Gasteiger partial charge in [-0.3, -0.25) is 0 Å². The first-order chi connectivity index (χ1) is 9.69. The number of halogens is 2. The molecule has 102 valence electrons. The maximum absolute atomic E-state index is 13.6. The zero-order valence-corrected chi connectivity index (χ0v) is 11.5. The van der Waals surface area contributed by atoms with Crippen molar-refractivity contribution in [3.05, 3.63) is 64.4 Å². The summed E-state index contributed by atoms with van der Waals surface area (Å²) in [6.45, 7) is 0. The van der Waals surface area contributed by atoms with Crippen molar-refractivity contribution in [2.45, 2.75) is 0 Å². The molecule has 0 unspecified atom stereocenters. The summed E-state index contributed by atoms with van der Waals surface area (Å²) in [5.74, 6) is 0.0547. The normalized spacial score (nSPS) is 11.3. The molecule has 0 aromatic heterocycles. The average Bonchev–Trinajstić information content (AvgIpc) is 2.46. The van der Waals surface area contributed by atoms with Crippen molar-refractivity contribution < 1.29 is 9.13 Å². The first-order valence-electron chi connectivity index (χ1n) is 5.84. The van der Waals surface area contributed by atoms with Crippen LogP contribution in [0.2, 0.25) is 5.02 Å². The molecule has 2 aromatic carbocycles. The number of nitrogens with zero attached hydrogens (tertiary/aromatic N) is 2. The van der Waals surface area contributed by atoms with Crippen molar-refractivity contribution in [1.29, 1.82) is 0 Å². The number of hydrogen-bond acceptors (Lipinski definition) is 3. The summed E-state index contributed by atoms with van der Waals surface area (Å²) in [5, 5.41) is 8.32. The smallest absolute Gasteiger partial charge is 0.135 e. The molecule has 0 saturated heterocycles. The first kappa shape index (κ1) is 14.2. The van der Waals surface area contributed by atoms with Crippen LogP contribution in [0.3, 0.4) is 0 Å². The summed E-state index contributed by atoms with van der Waals surface area (Å²) in [7, 11) is 1.49. The SMILES string of the molecule is COc1ccc(C=NN=Cc2ccc(Cl)cc2)c(F)c1. The van der Waals surface area contributed by atoms with Gasteiger partial charge >= 0.3 is 0 Å². The van der Waals surface area contributed by atoms with Crippen LogP contribution in [0.25, 0.3) is 0 Å². The van der Waals surface area contributed by atoms with E-state index in [-0.39, 0.29) is 0 Å². The Hall–Kier alpha value is -2.20. The van der Waals surface area contributed by atoms with Gasteiger partial charge in [0.15, 0.2) is 0 Å². The molecule has 0 heterocycles. The van der Waals surface area contributed by atoms with Crippen LogP contribution in [0.1, 0.15) is 11.1 Å². The third kappa shape index (κ3) is 3.90. The Morgan fingerprint density at radius 1 is 1.05 bits per heavy atom. The van der Waals surface area contributed by atoms with Crippen LogP contribution < -0.4 is 4.74 Å². The minimum Gasteiger partial charge on any atom is -0.497 e. The zero-order chi connectivity index (χ0) is 14.4. The predicted molar refractivity (Wildman–Crippen MR) is 79.6 cm³/mol. The molecule has 0 aliphatic heterocycles. The molecule has 0 saturated carbocycles. The maximum Gasteiger partial charge on any atom is 0.135 e. The van der Waals surface area contributed by atoms with E-state index in [0.29, 0.717) is 16.3 Å². The van der Waals surface area contributed by atoms with Gasteiger partial charge in [-0.05, 0) is 29.8 Å². The minimum atomic E-state index is -0.408. The van der Waals surface area contributed by atoms with Crippen LogP contribution in [-0.2, 0) is 0 Å². The summed E-state index contributed by atoms with van der Waals surface area (Å²) in [6, 6.07) is 11.7. The molecular weight excluding hydrogens is 279 g/mol. The molecule has 0 aliphatic rings. The molecule has 20 heavy (non-hydrogen) atoms. The lowest BCUT2D eigenvalue weighted by atomic mass is 10.2. The molecule has 0 bridgehead atoms. The molecule has 2 rings (SSSR count). The molecule has 0 atom stereocenters. The predicted octanol–water partition coefficient (Wildman–Crippen LogP) is 3.94. The molecule has 0 N–H and O–H groups in total. The molecule has 3 nitrogen and oxygen atoms in total. The Kier molecular flexibility index (Phi) is 4.85. The van der Waals surface area contributed by atoms with E-state index >= 15 is 0 Å². The Morgan fingerprint density at radius 3 is 2.40 bits per heavy atom. The van der Waals surface area contributed by atoms with E-state index < -0.39 is 5.82 Å². The van der Waals surface area contributed by atoms with Crippen LogP contribution in [0.15, 0.2) is 52.7 Å². The fourth-order valence-electron chi connectivity index (χ4n) is 1.48. The van der Waals surface area contributed by atoms with Crippen molar-refractivity contribution >= 4 is 24.0 Å². The Morgan fingerprint density at radius 2 is 1.75 bits per heavy atom. The molecule has 5 heteroatoms. The topological polar surface area (TPSA) is 34.0 Å². The van der Waals surface area contributed by atoms with Crippen LogP contribution in [0, 0.1) is 5.82 Å². The number of ether oxygens (including phenoxy) is 1. The quantitative estimate of drug-likeness (QED) is 0.620. The molecular formula is C15H12ClFN2O. The van der Waals surface area contributed by atoms with Crippen molar-refractivity contribution in [1.82, 2.24) is 0 Å². The van der Waals surface area contributed by atoms with Gasteiger partial charge in [0.25, 0.3) is 0 Å². The summed E-state index contributed by atoms with van der Waals surface area (Å²) in [6.07, 6.45) is 2.91. The number of methoxy groups -OCH3 is 1. The lowest BCUT2D eigenvalue weighted by Crippen LogP contribution is -1.90. The average molecular weight is 291 g/mol. The highest BCUT2D eigenvalue weighted by Crippen LogP contribution is 2.14. The summed E-state index contributed by atoms with van der Waals surface area (Å²) in [5.41, 5.74) is 1.21. The summed E-state index contributed by atoms with van der Waals surface area (Å²) >= 11 is 5.77. The van der Waals surface area contributed by atoms with E-state index in [0.717, 1.165) is 5.56 Å². The highest BCUT2D eigenvalue weighted by molar-refractivity contribution is 6.30. The van der Waals surface area contributed by atoms with Crippen molar-refractivity contribution in [2.75, 3.05) is 7.11 Å². The Balaban J connectivity index is 2.04. The second-order valence-electron chi connectivity index (χ2n) is 3.93. The lowest BCUT2D eigenvalue weighted by molar-refractivity contribution is 0.411. The Labute approximate surface area is 121 Å². The fraction of sp³-hybridized carbons (Fsp3) is 0.0667. The highest BCUT2D eigenvalue weighted by Gasteiger charge is 2.00. The van der Waals surface area contributed by atoms with Gasteiger partial charge in [0.1, 0.15) is 11.6 Å².